The van der Waals surface area contributed by atoms with Crippen LogP contribution < -0.4 is 5.32 Å². The van der Waals surface area contributed by atoms with Crippen molar-refractivity contribution >= 4 is 5.91 Å². The van der Waals surface area contributed by atoms with E-state index in [9.17, 15) is 4.79 Å². The van der Waals surface area contributed by atoms with E-state index in [1.807, 2.05) is 30.3 Å². The fourth-order valence-electron chi connectivity index (χ4n) is 5.57. The first kappa shape index (κ1) is 19.9. The van der Waals surface area contributed by atoms with Gasteiger partial charge in [-0.05, 0) is 34.6 Å². The van der Waals surface area contributed by atoms with Crippen molar-refractivity contribution < 1.29 is 9.32 Å². The highest BCUT2D eigenvalue weighted by atomic mass is 16.5. The summed E-state index contributed by atoms with van der Waals surface area (Å²) in [5.41, 5.74) is 6.66. The smallest absolute Gasteiger partial charge is 0.227 e. The minimum Gasteiger partial charge on any atom is -0.356 e. The monoisotopic (exact) mass is 435 g/mol. The van der Waals surface area contributed by atoms with Crippen LogP contribution in [0.3, 0.4) is 0 Å². The Morgan fingerprint density at radius 3 is 2.21 bits per heavy atom. The highest BCUT2D eigenvalue weighted by Crippen LogP contribution is 2.55. The summed E-state index contributed by atoms with van der Waals surface area (Å²) in [4.78, 5) is 17.1. The Morgan fingerprint density at radius 1 is 0.879 bits per heavy atom. The van der Waals surface area contributed by atoms with Gasteiger partial charge in [-0.1, -0.05) is 84.0 Å². The summed E-state index contributed by atoms with van der Waals surface area (Å²) >= 11 is 0. The summed E-state index contributed by atoms with van der Waals surface area (Å²) in [6.45, 7) is 0.682. The highest BCUT2D eigenvalue weighted by molar-refractivity contribution is 5.76. The van der Waals surface area contributed by atoms with Crippen molar-refractivity contribution in [2.45, 2.75) is 31.1 Å². The second kappa shape index (κ2) is 8.32. The zero-order valence-electron chi connectivity index (χ0n) is 18.3. The molecule has 1 heterocycles. The topological polar surface area (TPSA) is 68.0 Å². The molecule has 0 saturated carbocycles. The molecule has 3 aliphatic rings. The van der Waals surface area contributed by atoms with Crippen LogP contribution in [0.25, 0.3) is 11.4 Å². The summed E-state index contributed by atoms with van der Waals surface area (Å²) < 4.78 is 5.34. The van der Waals surface area contributed by atoms with Crippen LogP contribution in [0.5, 0.6) is 0 Å². The predicted octanol–water partition coefficient (Wildman–Crippen LogP) is 5.08. The van der Waals surface area contributed by atoms with Crippen molar-refractivity contribution in [3.05, 3.63) is 107 Å². The van der Waals surface area contributed by atoms with Crippen LogP contribution in [0.15, 0.2) is 83.4 Å². The minimum absolute atomic E-state index is 0.0254. The molecule has 1 N–H and O–H groups in total. The summed E-state index contributed by atoms with van der Waals surface area (Å²) in [5.74, 6) is 2.23. The van der Waals surface area contributed by atoms with Crippen molar-refractivity contribution in [2.24, 2.45) is 5.92 Å². The number of hydrogen-bond acceptors (Lipinski definition) is 4. The number of hydrogen-bond donors (Lipinski definition) is 1. The molecule has 0 saturated heterocycles. The maximum Gasteiger partial charge on any atom is 0.227 e. The Bertz CT molecular complexity index is 1250. The lowest BCUT2D eigenvalue weighted by Gasteiger charge is -2.45. The second-order valence-electron chi connectivity index (χ2n) is 8.97. The van der Waals surface area contributed by atoms with Crippen molar-refractivity contribution in [1.82, 2.24) is 15.5 Å². The molecule has 0 aliphatic heterocycles. The van der Waals surface area contributed by atoms with Crippen LogP contribution in [0.1, 0.15) is 52.8 Å². The molecule has 1 atom stereocenters. The van der Waals surface area contributed by atoms with Crippen molar-refractivity contribution in [1.29, 1.82) is 0 Å². The number of fused-ring (bicyclic) bond motifs is 1. The molecule has 2 bridgehead atoms. The maximum atomic E-state index is 12.6. The van der Waals surface area contributed by atoms with Gasteiger partial charge in [0, 0.05) is 36.8 Å². The standard InChI is InChI=1S/C28H25N3O2/c32-25(14-15-26-30-28(31-33-26)18-8-2-1-3-9-18)29-17-19-16-24-20-10-4-6-12-22(20)27(19)23-13-7-5-11-21(23)24/h1-13,19,24,27H,14-17H2,(H,29,32). The van der Waals surface area contributed by atoms with Gasteiger partial charge in [-0.25, -0.2) is 0 Å². The fourth-order valence-corrected chi connectivity index (χ4v) is 5.57. The van der Waals surface area contributed by atoms with Gasteiger partial charge in [0.05, 0.1) is 0 Å². The molecular formula is C28H25N3O2. The van der Waals surface area contributed by atoms with E-state index in [0.29, 0.717) is 48.9 Å². The lowest BCUT2D eigenvalue weighted by molar-refractivity contribution is -0.121. The number of aromatic nitrogens is 2. The third-order valence-corrected chi connectivity index (χ3v) is 7.05. The van der Waals surface area contributed by atoms with E-state index in [1.165, 1.54) is 22.3 Å². The molecule has 5 nitrogen and oxygen atoms in total. The van der Waals surface area contributed by atoms with E-state index in [0.717, 1.165) is 12.0 Å². The molecule has 164 valence electrons. The first-order chi connectivity index (χ1) is 16.3. The molecule has 7 rings (SSSR count). The molecule has 3 aliphatic carbocycles. The van der Waals surface area contributed by atoms with Crippen molar-refractivity contribution in [3.8, 4) is 11.4 Å². The van der Waals surface area contributed by atoms with Crippen LogP contribution in [0.4, 0.5) is 0 Å². The molecule has 1 unspecified atom stereocenters. The molecule has 0 fully saturated rings. The van der Waals surface area contributed by atoms with E-state index in [1.54, 1.807) is 0 Å². The molecule has 5 heteroatoms. The number of aryl methyl sites for hydroxylation is 1. The van der Waals surface area contributed by atoms with E-state index in [4.69, 9.17) is 4.52 Å². The quantitative estimate of drug-likeness (QED) is 0.458. The van der Waals surface area contributed by atoms with Gasteiger partial charge in [0.25, 0.3) is 0 Å². The van der Waals surface area contributed by atoms with Gasteiger partial charge in [-0.15, -0.1) is 0 Å². The lowest BCUT2D eigenvalue weighted by Crippen LogP contribution is -2.39. The van der Waals surface area contributed by atoms with Crippen LogP contribution in [0.2, 0.25) is 0 Å². The van der Waals surface area contributed by atoms with Crippen LogP contribution in [-0.4, -0.2) is 22.6 Å². The Balaban J connectivity index is 1.10. The summed E-state index contributed by atoms with van der Waals surface area (Å²) in [6.07, 6.45) is 1.85. The molecule has 3 aromatic carbocycles. The number of nitrogens with one attached hydrogen (secondary N) is 1. The SMILES string of the molecule is O=C(CCc1nc(-c2ccccc2)no1)NCC1CC2c3ccccc3C1c1ccccc12. The van der Waals surface area contributed by atoms with E-state index in [-0.39, 0.29) is 5.91 Å². The van der Waals surface area contributed by atoms with E-state index >= 15 is 0 Å². The maximum absolute atomic E-state index is 12.6. The third-order valence-electron chi connectivity index (χ3n) is 7.05. The molecule has 1 amide bonds. The molecule has 33 heavy (non-hydrogen) atoms. The Morgan fingerprint density at radius 2 is 1.52 bits per heavy atom. The van der Waals surface area contributed by atoms with Gasteiger partial charge in [-0.3, -0.25) is 4.79 Å². The average molecular weight is 436 g/mol. The summed E-state index contributed by atoms with van der Waals surface area (Å²) in [5, 5.41) is 7.21. The number of nitrogens with zero attached hydrogens (tertiary/aromatic N) is 2. The number of benzene rings is 3. The summed E-state index contributed by atoms with van der Waals surface area (Å²) in [6, 6.07) is 27.3. The number of carbonyl (C=O) groups excluding carboxylic acids is 1. The van der Waals surface area contributed by atoms with Crippen molar-refractivity contribution in [3.63, 3.8) is 0 Å². The van der Waals surface area contributed by atoms with Crippen LogP contribution in [0, 0.1) is 5.92 Å². The van der Waals surface area contributed by atoms with Gasteiger partial charge >= 0.3 is 0 Å². The number of carbonyl (C=O) groups is 1. The van der Waals surface area contributed by atoms with Crippen LogP contribution in [-0.2, 0) is 11.2 Å². The zero-order chi connectivity index (χ0) is 22.2. The van der Waals surface area contributed by atoms with Gasteiger partial charge in [-0.2, -0.15) is 4.98 Å². The zero-order valence-corrected chi connectivity index (χ0v) is 18.3. The third kappa shape index (κ3) is 3.63. The summed E-state index contributed by atoms with van der Waals surface area (Å²) in [7, 11) is 0. The van der Waals surface area contributed by atoms with Crippen LogP contribution >= 0.6 is 0 Å². The average Bonchev–Trinajstić information content (AvgIpc) is 3.36. The second-order valence-corrected chi connectivity index (χ2v) is 8.97. The predicted molar refractivity (Wildman–Crippen MR) is 126 cm³/mol. The fraction of sp³-hybridized carbons (Fsp3) is 0.250. The van der Waals surface area contributed by atoms with E-state index < -0.39 is 0 Å². The number of amides is 1. The Labute approximate surface area is 192 Å². The highest BCUT2D eigenvalue weighted by Gasteiger charge is 2.42. The molecular weight excluding hydrogens is 410 g/mol. The minimum atomic E-state index is 0.0254. The van der Waals surface area contributed by atoms with Crippen molar-refractivity contribution in [2.75, 3.05) is 6.54 Å². The van der Waals surface area contributed by atoms with Gasteiger partial charge in [0.15, 0.2) is 0 Å². The Kier molecular flexibility index (Phi) is 5.02. The lowest BCUT2D eigenvalue weighted by atomic mass is 9.59. The normalized spacial score (nSPS) is 20.2. The molecule has 0 radical (unpaired) electrons. The first-order valence-corrected chi connectivity index (χ1v) is 11.6. The molecule has 4 aromatic rings. The Hall–Kier alpha value is -3.73. The first-order valence-electron chi connectivity index (χ1n) is 11.6. The van der Waals surface area contributed by atoms with Gasteiger partial charge in [0.1, 0.15) is 0 Å². The molecule has 0 spiro atoms. The largest absolute Gasteiger partial charge is 0.356 e. The van der Waals surface area contributed by atoms with Gasteiger partial charge in [0.2, 0.25) is 17.6 Å². The number of rotatable bonds is 6. The van der Waals surface area contributed by atoms with Gasteiger partial charge < -0.3 is 9.84 Å². The molecule has 1 aromatic heterocycles. The van der Waals surface area contributed by atoms with E-state index in [2.05, 4.69) is 64.0 Å².